The summed E-state index contributed by atoms with van der Waals surface area (Å²) in [6.07, 6.45) is 3.36. The van der Waals surface area contributed by atoms with Crippen LogP contribution in [0.25, 0.3) is 10.2 Å². The number of nitrogens with zero attached hydrogens (tertiary/aromatic N) is 3. The van der Waals surface area contributed by atoms with E-state index in [0.717, 1.165) is 28.6 Å². The summed E-state index contributed by atoms with van der Waals surface area (Å²) in [5.74, 6) is 0.644. The van der Waals surface area contributed by atoms with Crippen LogP contribution in [0, 0.1) is 10.1 Å². The van der Waals surface area contributed by atoms with Crippen LogP contribution in [-0.2, 0) is 18.6 Å². The summed E-state index contributed by atoms with van der Waals surface area (Å²) in [5, 5.41) is 12.9. The van der Waals surface area contributed by atoms with Crippen LogP contribution in [-0.4, -0.2) is 14.9 Å². The average Bonchev–Trinajstić information content (AvgIpc) is 3.13. The Morgan fingerprint density at radius 3 is 2.79 bits per heavy atom. The molecule has 4 rings (SSSR count). The molecular formula is C16H12ClN3O2S2. The summed E-state index contributed by atoms with van der Waals surface area (Å²) < 4.78 is 0. The topological polar surface area (TPSA) is 68.9 Å². The van der Waals surface area contributed by atoms with Crippen molar-refractivity contribution in [2.45, 2.75) is 30.2 Å². The van der Waals surface area contributed by atoms with Gasteiger partial charge in [0.05, 0.1) is 10.3 Å². The van der Waals surface area contributed by atoms with Gasteiger partial charge < -0.3 is 0 Å². The van der Waals surface area contributed by atoms with E-state index in [-0.39, 0.29) is 5.69 Å². The van der Waals surface area contributed by atoms with E-state index in [1.54, 1.807) is 23.5 Å². The number of nitro benzene ring substituents is 1. The molecule has 0 fully saturated rings. The lowest BCUT2D eigenvalue weighted by molar-refractivity contribution is -0.384. The van der Waals surface area contributed by atoms with Crippen LogP contribution in [0.5, 0.6) is 0 Å². The molecule has 122 valence electrons. The predicted molar refractivity (Wildman–Crippen MR) is 97.1 cm³/mol. The third kappa shape index (κ3) is 2.87. The maximum absolute atomic E-state index is 10.7. The molecule has 0 amide bonds. The number of fused-ring (bicyclic) bond motifs is 3. The van der Waals surface area contributed by atoms with Crippen molar-refractivity contribution in [2.24, 2.45) is 0 Å². The number of aromatic nitrogens is 2. The summed E-state index contributed by atoms with van der Waals surface area (Å²) in [7, 11) is 0. The zero-order valence-corrected chi connectivity index (χ0v) is 14.9. The normalized spacial score (nSPS) is 13.4. The fraction of sp³-hybridized carbons (Fsp3) is 0.250. The number of thiophene rings is 1. The summed E-state index contributed by atoms with van der Waals surface area (Å²) in [5.41, 5.74) is 2.41. The molecule has 1 aromatic carbocycles. The molecule has 0 unspecified atom stereocenters. The number of halogens is 1. The average molecular weight is 378 g/mol. The van der Waals surface area contributed by atoms with Gasteiger partial charge in [-0.3, -0.25) is 10.1 Å². The first-order valence-corrected chi connectivity index (χ1v) is 9.64. The van der Waals surface area contributed by atoms with Crippen molar-refractivity contribution >= 4 is 50.6 Å². The minimum Gasteiger partial charge on any atom is -0.258 e. The number of rotatable bonds is 4. The molecule has 0 spiro atoms. The second kappa shape index (κ2) is 6.31. The monoisotopic (exact) mass is 377 g/mol. The van der Waals surface area contributed by atoms with E-state index in [9.17, 15) is 10.1 Å². The van der Waals surface area contributed by atoms with Crippen molar-refractivity contribution < 1.29 is 4.92 Å². The molecule has 3 aromatic rings. The fourth-order valence-corrected chi connectivity index (χ4v) is 5.37. The van der Waals surface area contributed by atoms with Crippen LogP contribution in [0.15, 0.2) is 29.4 Å². The lowest BCUT2D eigenvalue weighted by Gasteiger charge is -2.03. The molecule has 24 heavy (non-hydrogen) atoms. The van der Waals surface area contributed by atoms with E-state index in [0.29, 0.717) is 16.1 Å². The minimum absolute atomic E-state index is 0.0950. The molecule has 1 aliphatic rings. The van der Waals surface area contributed by atoms with Crippen LogP contribution in [0.1, 0.15) is 22.4 Å². The van der Waals surface area contributed by atoms with Gasteiger partial charge in [0, 0.05) is 22.8 Å². The fourth-order valence-electron chi connectivity index (χ4n) is 2.86. The largest absolute Gasteiger partial charge is 0.269 e. The highest BCUT2D eigenvalue weighted by Crippen LogP contribution is 2.40. The van der Waals surface area contributed by atoms with Crippen LogP contribution in [0.4, 0.5) is 5.69 Å². The van der Waals surface area contributed by atoms with Gasteiger partial charge in [0.2, 0.25) is 0 Å². The van der Waals surface area contributed by atoms with E-state index in [1.807, 2.05) is 0 Å². The maximum atomic E-state index is 10.7. The number of hydrogen-bond acceptors (Lipinski definition) is 6. The molecular weight excluding hydrogens is 366 g/mol. The maximum Gasteiger partial charge on any atom is 0.269 e. The SMILES string of the molecule is O=[N+]([O-])c1ccc(CSc2nc(Cl)c3c4c(sc3n2)CCC4)cc1. The third-order valence-corrected chi connectivity index (χ3v) is 6.39. The quantitative estimate of drug-likeness (QED) is 0.209. The number of benzene rings is 1. The molecule has 0 N–H and O–H groups in total. The number of aryl methyl sites for hydroxylation is 2. The van der Waals surface area contributed by atoms with Gasteiger partial charge in [0.1, 0.15) is 9.98 Å². The Kier molecular flexibility index (Phi) is 4.15. The van der Waals surface area contributed by atoms with Gasteiger partial charge in [-0.05, 0) is 30.4 Å². The zero-order valence-electron chi connectivity index (χ0n) is 12.5. The van der Waals surface area contributed by atoms with E-state index in [1.165, 1.54) is 40.8 Å². The van der Waals surface area contributed by atoms with Crippen molar-refractivity contribution in [2.75, 3.05) is 0 Å². The molecule has 2 aromatic heterocycles. The van der Waals surface area contributed by atoms with Gasteiger partial charge >= 0.3 is 0 Å². The number of non-ortho nitro benzene ring substituents is 1. The number of nitro groups is 1. The lowest BCUT2D eigenvalue weighted by Crippen LogP contribution is -1.91. The van der Waals surface area contributed by atoms with Crippen molar-refractivity contribution in [3.8, 4) is 0 Å². The third-order valence-electron chi connectivity index (χ3n) is 4.02. The van der Waals surface area contributed by atoms with Gasteiger partial charge in [-0.25, -0.2) is 9.97 Å². The number of thioether (sulfide) groups is 1. The Labute approximate surface area is 151 Å². The molecule has 0 atom stereocenters. The van der Waals surface area contributed by atoms with Crippen molar-refractivity contribution in [3.05, 3.63) is 55.5 Å². The molecule has 8 heteroatoms. The van der Waals surface area contributed by atoms with Crippen LogP contribution in [0.3, 0.4) is 0 Å². The molecule has 5 nitrogen and oxygen atoms in total. The van der Waals surface area contributed by atoms with Gasteiger partial charge in [-0.2, -0.15) is 0 Å². The molecule has 0 saturated heterocycles. The number of hydrogen-bond donors (Lipinski definition) is 0. The second-order valence-electron chi connectivity index (χ2n) is 5.55. The molecule has 1 aliphatic carbocycles. The first-order valence-electron chi connectivity index (χ1n) is 7.46. The van der Waals surface area contributed by atoms with Crippen molar-refractivity contribution in [3.63, 3.8) is 0 Å². The zero-order chi connectivity index (χ0) is 16.7. The Balaban J connectivity index is 1.55. The van der Waals surface area contributed by atoms with E-state index >= 15 is 0 Å². The van der Waals surface area contributed by atoms with Crippen LogP contribution in [0.2, 0.25) is 5.15 Å². The Morgan fingerprint density at radius 1 is 1.25 bits per heavy atom. The predicted octanol–water partition coefficient (Wildman–Crippen LogP) is 5.03. The van der Waals surface area contributed by atoms with Gasteiger partial charge in [0.25, 0.3) is 5.69 Å². The summed E-state index contributed by atoms with van der Waals surface area (Å²) in [6, 6.07) is 6.53. The molecule has 0 radical (unpaired) electrons. The Hall–Kier alpha value is -1.70. The van der Waals surface area contributed by atoms with Crippen LogP contribution < -0.4 is 0 Å². The first kappa shape index (κ1) is 15.8. The molecule has 2 heterocycles. The molecule has 0 bridgehead atoms. The smallest absolute Gasteiger partial charge is 0.258 e. The van der Waals surface area contributed by atoms with Gasteiger partial charge in [-0.15, -0.1) is 11.3 Å². The highest BCUT2D eigenvalue weighted by atomic mass is 35.5. The summed E-state index contributed by atoms with van der Waals surface area (Å²) >= 11 is 9.60. The lowest BCUT2D eigenvalue weighted by atomic mass is 10.2. The highest BCUT2D eigenvalue weighted by Gasteiger charge is 2.21. The van der Waals surface area contributed by atoms with Gasteiger partial charge in [0.15, 0.2) is 5.16 Å². The molecule has 0 saturated carbocycles. The van der Waals surface area contributed by atoms with E-state index in [2.05, 4.69) is 9.97 Å². The van der Waals surface area contributed by atoms with Crippen molar-refractivity contribution in [1.82, 2.24) is 9.97 Å². The van der Waals surface area contributed by atoms with E-state index < -0.39 is 4.92 Å². The minimum atomic E-state index is -0.399. The summed E-state index contributed by atoms with van der Waals surface area (Å²) in [4.78, 5) is 21.7. The van der Waals surface area contributed by atoms with Gasteiger partial charge in [-0.1, -0.05) is 35.5 Å². The highest BCUT2D eigenvalue weighted by molar-refractivity contribution is 7.98. The molecule has 0 aliphatic heterocycles. The second-order valence-corrected chi connectivity index (χ2v) is 7.93. The Bertz CT molecular complexity index is 941. The Morgan fingerprint density at radius 2 is 2.04 bits per heavy atom. The standard InChI is InChI=1S/C16H12ClN3O2S2/c17-14-13-11-2-1-3-12(11)24-15(13)19-16(18-14)23-8-9-4-6-10(7-5-9)20(21)22/h4-7H,1-3,8H2. The van der Waals surface area contributed by atoms with E-state index in [4.69, 9.17) is 11.6 Å². The summed E-state index contributed by atoms with van der Waals surface area (Å²) in [6.45, 7) is 0. The van der Waals surface area contributed by atoms with Crippen molar-refractivity contribution in [1.29, 1.82) is 0 Å². The first-order chi connectivity index (χ1) is 11.6. The van der Waals surface area contributed by atoms with Crippen LogP contribution >= 0.6 is 34.7 Å².